The lowest BCUT2D eigenvalue weighted by Gasteiger charge is -2.28. The molecule has 0 aliphatic heterocycles. The smallest absolute Gasteiger partial charge is 0.207 e. The normalized spacial score (nSPS) is 16.5. The first kappa shape index (κ1) is 22.1. The monoisotopic (exact) mass is 418 g/mol. The molecular weight excluding hydrogens is 395 g/mol. The van der Waals surface area contributed by atoms with Gasteiger partial charge in [-0.05, 0) is 54.5 Å². The molecule has 1 fully saturated rings. The van der Waals surface area contributed by atoms with E-state index in [1.165, 1.54) is 24.3 Å². The molecule has 1 aliphatic carbocycles. The summed E-state index contributed by atoms with van der Waals surface area (Å²) in [6.07, 6.45) is 5.22. The van der Waals surface area contributed by atoms with Crippen molar-refractivity contribution in [2.45, 2.75) is 57.3 Å². The average molecular weight is 418 g/mol. The third kappa shape index (κ3) is 5.30. The predicted octanol–water partition coefficient (Wildman–Crippen LogP) is 7.61. The van der Waals surface area contributed by atoms with Gasteiger partial charge < -0.3 is 0 Å². The first-order chi connectivity index (χ1) is 14.3. The van der Waals surface area contributed by atoms with Crippen LogP contribution in [0.3, 0.4) is 0 Å². The molecule has 0 aromatic heterocycles. The molecule has 2 aromatic carbocycles. The second-order valence-corrected chi connectivity index (χ2v) is 7.64. The minimum atomic E-state index is -2.73. The highest BCUT2D eigenvalue weighted by Crippen LogP contribution is 2.41. The number of rotatable bonds is 4. The highest BCUT2D eigenvalue weighted by Gasteiger charge is 2.36. The Labute approximate surface area is 173 Å². The van der Waals surface area contributed by atoms with Crippen LogP contribution >= 0.6 is 0 Å². The summed E-state index contributed by atoms with van der Waals surface area (Å²) in [5, 5.41) is 0. The average Bonchev–Trinajstić information content (AvgIpc) is 2.71. The van der Waals surface area contributed by atoms with Crippen molar-refractivity contribution in [1.29, 1.82) is 0 Å². The second kappa shape index (κ2) is 9.47. The number of hydrogen-bond acceptors (Lipinski definition) is 0. The van der Waals surface area contributed by atoms with Gasteiger partial charge in [0.2, 0.25) is 5.92 Å². The molecule has 0 nitrogen and oxygen atoms in total. The van der Waals surface area contributed by atoms with E-state index in [1.54, 1.807) is 6.07 Å². The molecule has 0 amide bonds. The van der Waals surface area contributed by atoms with Gasteiger partial charge in [0.05, 0.1) is 11.1 Å². The van der Waals surface area contributed by atoms with Crippen LogP contribution in [-0.2, 0) is 0 Å². The van der Waals surface area contributed by atoms with E-state index >= 15 is 0 Å². The summed E-state index contributed by atoms with van der Waals surface area (Å²) in [4.78, 5) is 0. The Morgan fingerprint density at radius 1 is 0.967 bits per heavy atom. The van der Waals surface area contributed by atoms with Crippen molar-refractivity contribution >= 4 is 6.08 Å². The van der Waals surface area contributed by atoms with E-state index in [9.17, 15) is 22.0 Å². The number of halogens is 5. The Morgan fingerprint density at radius 3 is 2.30 bits per heavy atom. The fourth-order valence-corrected chi connectivity index (χ4v) is 3.58. The van der Waals surface area contributed by atoms with Crippen LogP contribution in [0.4, 0.5) is 22.0 Å². The Morgan fingerprint density at radius 2 is 1.63 bits per heavy atom. The number of hydrogen-bond donors (Lipinski definition) is 0. The number of benzene rings is 2. The molecule has 5 heteroatoms. The van der Waals surface area contributed by atoms with Gasteiger partial charge in [-0.25, -0.2) is 22.0 Å². The summed E-state index contributed by atoms with van der Waals surface area (Å²) in [5.41, 5.74) is 0.693. The van der Waals surface area contributed by atoms with Crippen LogP contribution in [0.15, 0.2) is 36.4 Å². The van der Waals surface area contributed by atoms with Crippen molar-refractivity contribution in [3.05, 3.63) is 76.1 Å². The lowest BCUT2D eigenvalue weighted by atomic mass is 9.82. The van der Waals surface area contributed by atoms with Crippen LogP contribution in [0.5, 0.6) is 0 Å². The van der Waals surface area contributed by atoms with E-state index in [1.807, 2.05) is 19.1 Å². The SMILES string of the molecule is CCC/C=C/c1ccc(C#Cc2ccc(C3CCC(F)(F)CC3)c(F)c2F)c(F)c1. The number of alkyl halides is 2. The van der Waals surface area contributed by atoms with E-state index in [4.69, 9.17) is 0 Å². The summed E-state index contributed by atoms with van der Waals surface area (Å²) in [7, 11) is 0. The van der Waals surface area contributed by atoms with Crippen LogP contribution in [0.2, 0.25) is 0 Å². The molecule has 30 heavy (non-hydrogen) atoms. The standard InChI is InChI=1S/C25H23F5/c1-2-3-4-5-17-6-7-19(22(26)16-17)8-9-20-10-11-21(24(28)23(20)27)18-12-14-25(29,30)15-13-18/h4-7,10-11,16,18H,2-3,12-15H2,1H3/b5-4+. The maximum Gasteiger partial charge on any atom is 0.248 e. The highest BCUT2D eigenvalue weighted by molar-refractivity contribution is 5.53. The van der Waals surface area contributed by atoms with Gasteiger partial charge in [-0.2, -0.15) is 0 Å². The molecule has 0 N–H and O–H groups in total. The Hall–Kier alpha value is -2.61. The van der Waals surface area contributed by atoms with Crippen molar-refractivity contribution < 1.29 is 22.0 Å². The van der Waals surface area contributed by atoms with Crippen LogP contribution in [0, 0.1) is 29.3 Å². The van der Waals surface area contributed by atoms with Crippen LogP contribution < -0.4 is 0 Å². The first-order valence-corrected chi connectivity index (χ1v) is 10.1. The Balaban J connectivity index is 1.79. The molecular formula is C25H23F5. The van der Waals surface area contributed by atoms with Crippen molar-refractivity contribution in [2.75, 3.05) is 0 Å². The lowest BCUT2D eigenvalue weighted by Crippen LogP contribution is -2.24. The first-order valence-electron chi connectivity index (χ1n) is 10.1. The van der Waals surface area contributed by atoms with Crippen molar-refractivity contribution in [3.8, 4) is 11.8 Å². The quantitative estimate of drug-likeness (QED) is 0.354. The predicted molar refractivity (Wildman–Crippen MR) is 109 cm³/mol. The fraction of sp³-hybridized carbons (Fsp3) is 0.360. The molecule has 0 unspecified atom stereocenters. The topological polar surface area (TPSA) is 0 Å². The molecule has 1 saturated carbocycles. The maximum atomic E-state index is 14.5. The molecule has 1 aliphatic rings. The molecule has 0 spiro atoms. The molecule has 0 heterocycles. The van der Waals surface area contributed by atoms with Crippen LogP contribution in [0.1, 0.15) is 73.6 Å². The largest absolute Gasteiger partial charge is 0.248 e. The molecule has 0 atom stereocenters. The molecule has 158 valence electrons. The molecule has 0 bridgehead atoms. The van der Waals surface area contributed by atoms with Gasteiger partial charge in [0.25, 0.3) is 0 Å². The van der Waals surface area contributed by atoms with Crippen molar-refractivity contribution in [3.63, 3.8) is 0 Å². The van der Waals surface area contributed by atoms with Crippen LogP contribution in [-0.4, -0.2) is 5.92 Å². The van der Waals surface area contributed by atoms with Gasteiger partial charge in [0.15, 0.2) is 11.6 Å². The maximum absolute atomic E-state index is 14.5. The molecule has 0 saturated heterocycles. The van der Waals surface area contributed by atoms with E-state index in [0.717, 1.165) is 12.8 Å². The minimum Gasteiger partial charge on any atom is -0.207 e. The summed E-state index contributed by atoms with van der Waals surface area (Å²) in [6, 6.07) is 7.27. The zero-order valence-electron chi connectivity index (χ0n) is 16.8. The van der Waals surface area contributed by atoms with Gasteiger partial charge in [0, 0.05) is 12.8 Å². The second-order valence-electron chi connectivity index (χ2n) is 7.64. The van der Waals surface area contributed by atoms with Gasteiger partial charge in [-0.3, -0.25) is 0 Å². The van der Waals surface area contributed by atoms with Gasteiger partial charge in [0.1, 0.15) is 5.82 Å². The highest BCUT2D eigenvalue weighted by atomic mass is 19.3. The van der Waals surface area contributed by atoms with E-state index in [2.05, 4.69) is 11.8 Å². The summed E-state index contributed by atoms with van der Waals surface area (Å²) < 4.78 is 69.9. The Kier molecular flexibility index (Phi) is 6.97. The minimum absolute atomic E-state index is 0.0843. The molecule has 0 radical (unpaired) electrons. The van der Waals surface area contributed by atoms with Gasteiger partial charge in [-0.1, -0.05) is 49.5 Å². The lowest BCUT2D eigenvalue weighted by molar-refractivity contribution is -0.0384. The van der Waals surface area contributed by atoms with E-state index < -0.39 is 29.3 Å². The molecule has 2 aromatic rings. The van der Waals surface area contributed by atoms with E-state index in [-0.39, 0.29) is 42.4 Å². The fourth-order valence-electron chi connectivity index (χ4n) is 3.58. The van der Waals surface area contributed by atoms with E-state index in [0.29, 0.717) is 5.56 Å². The summed E-state index contributed by atoms with van der Waals surface area (Å²) >= 11 is 0. The number of unbranched alkanes of at least 4 members (excludes halogenated alkanes) is 1. The third-order valence-electron chi connectivity index (χ3n) is 5.36. The summed E-state index contributed by atoms with van der Waals surface area (Å²) in [5.74, 6) is -0.872. The third-order valence-corrected chi connectivity index (χ3v) is 5.36. The van der Waals surface area contributed by atoms with Crippen molar-refractivity contribution in [2.24, 2.45) is 0 Å². The Bertz CT molecular complexity index is 985. The zero-order chi connectivity index (χ0) is 21.7. The molecule has 3 rings (SSSR count). The van der Waals surface area contributed by atoms with Crippen LogP contribution in [0.25, 0.3) is 6.08 Å². The van der Waals surface area contributed by atoms with Crippen molar-refractivity contribution in [1.82, 2.24) is 0 Å². The van der Waals surface area contributed by atoms with Gasteiger partial charge in [-0.15, -0.1) is 0 Å². The zero-order valence-corrected chi connectivity index (χ0v) is 16.8. The number of allylic oxidation sites excluding steroid dienone is 1. The summed E-state index contributed by atoms with van der Waals surface area (Å²) in [6.45, 7) is 2.05. The van der Waals surface area contributed by atoms with Gasteiger partial charge >= 0.3 is 0 Å².